The zero-order valence-electron chi connectivity index (χ0n) is 13.4. The molecule has 0 N–H and O–H groups in total. The molecule has 0 aromatic heterocycles. The molecule has 0 spiro atoms. The molecule has 0 radical (unpaired) electrons. The average Bonchev–Trinajstić information content (AvgIpc) is 2.38. The van der Waals surface area contributed by atoms with E-state index >= 15 is 0 Å². The maximum atomic E-state index is 11.1. The van der Waals surface area contributed by atoms with Crippen LogP contribution in [0.25, 0.3) is 0 Å². The minimum absolute atomic E-state index is 0.412. The van der Waals surface area contributed by atoms with Crippen LogP contribution in [0.2, 0.25) is 0 Å². The van der Waals surface area contributed by atoms with Crippen molar-refractivity contribution >= 4 is 5.78 Å². The van der Waals surface area contributed by atoms with Gasteiger partial charge in [0.1, 0.15) is 5.78 Å². The molecule has 0 fully saturated rings. The van der Waals surface area contributed by atoms with E-state index in [4.69, 9.17) is 0 Å². The largest absolute Gasteiger partial charge is 0.300 e. The van der Waals surface area contributed by atoms with Gasteiger partial charge in [-0.25, -0.2) is 0 Å². The van der Waals surface area contributed by atoms with Crippen LogP contribution in [-0.4, -0.2) is 5.78 Å². The number of hydrogen-bond acceptors (Lipinski definition) is 1. The van der Waals surface area contributed by atoms with Crippen LogP contribution < -0.4 is 0 Å². The molecule has 1 nitrogen and oxygen atoms in total. The number of Topliss-reactive ketones (excluding diaryl/α,β-unsaturated/α-hetero) is 1. The highest BCUT2D eigenvalue weighted by molar-refractivity contribution is 5.77. The van der Waals surface area contributed by atoms with Gasteiger partial charge in [0.15, 0.2) is 0 Å². The Morgan fingerprint density at radius 1 is 0.842 bits per heavy atom. The molecule has 0 aromatic rings. The zero-order valence-corrected chi connectivity index (χ0v) is 13.4. The van der Waals surface area contributed by atoms with Gasteiger partial charge in [0.05, 0.1) is 0 Å². The third kappa shape index (κ3) is 13.4. The SMILES string of the molecule is CCC(=O)CCCCCC/C(C)=C/CCC=C(C)C. The Labute approximate surface area is 120 Å². The van der Waals surface area contributed by atoms with Crippen LogP contribution in [0.4, 0.5) is 0 Å². The van der Waals surface area contributed by atoms with Crippen molar-refractivity contribution in [3.05, 3.63) is 23.3 Å². The number of allylic oxidation sites excluding steroid dienone is 4. The van der Waals surface area contributed by atoms with E-state index in [1.807, 2.05) is 6.92 Å². The predicted octanol–water partition coefficient (Wildman–Crippen LogP) is 6.00. The summed E-state index contributed by atoms with van der Waals surface area (Å²) < 4.78 is 0. The third-order valence-electron chi connectivity index (χ3n) is 3.38. The van der Waals surface area contributed by atoms with E-state index in [2.05, 4.69) is 32.9 Å². The summed E-state index contributed by atoms with van der Waals surface area (Å²) in [5, 5.41) is 0. The second-order valence-electron chi connectivity index (χ2n) is 5.72. The van der Waals surface area contributed by atoms with Gasteiger partial charge in [-0.15, -0.1) is 0 Å². The van der Waals surface area contributed by atoms with E-state index in [9.17, 15) is 4.79 Å². The summed E-state index contributed by atoms with van der Waals surface area (Å²) in [5.41, 5.74) is 2.93. The van der Waals surface area contributed by atoms with Crippen molar-refractivity contribution in [3.63, 3.8) is 0 Å². The van der Waals surface area contributed by atoms with Crippen molar-refractivity contribution < 1.29 is 4.79 Å². The summed E-state index contributed by atoms with van der Waals surface area (Å²) >= 11 is 0. The Bertz CT molecular complexity index is 293. The Kier molecular flexibility index (Phi) is 11.7. The topological polar surface area (TPSA) is 17.1 Å². The molecule has 0 aromatic carbocycles. The first-order valence-electron chi connectivity index (χ1n) is 7.87. The smallest absolute Gasteiger partial charge is 0.132 e. The molecular formula is C18H32O. The minimum atomic E-state index is 0.412. The normalized spacial score (nSPS) is 11.5. The first-order chi connectivity index (χ1) is 9.06. The average molecular weight is 264 g/mol. The first kappa shape index (κ1) is 18.1. The van der Waals surface area contributed by atoms with Gasteiger partial charge in [0.25, 0.3) is 0 Å². The molecule has 0 amide bonds. The van der Waals surface area contributed by atoms with Crippen LogP contribution in [0.3, 0.4) is 0 Å². The molecule has 1 heteroatoms. The Hall–Kier alpha value is -0.850. The van der Waals surface area contributed by atoms with E-state index in [1.54, 1.807) is 0 Å². The van der Waals surface area contributed by atoms with E-state index in [0.29, 0.717) is 12.2 Å². The molecule has 110 valence electrons. The maximum absolute atomic E-state index is 11.1. The predicted molar refractivity (Wildman–Crippen MR) is 85.4 cm³/mol. The minimum Gasteiger partial charge on any atom is -0.300 e. The number of hydrogen-bond donors (Lipinski definition) is 0. The number of unbranched alkanes of at least 4 members (excludes halogenated alkanes) is 4. The van der Waals surface area contributed by atoms with Crippen molar-refractivity contribution in [2.75, 3.05) is 0 Å². The van der Waals surface area contributed by atoms with Gasteiger partial charge >= 0.3 is 0 Å². The monoisotopic (exact) mass is 264 g/mol. The van der Waals surface area contributed by atoms with Crippen LogP contribution in [-0.2, 0) is 4.79 Å². The molecule has 0 heterocycles. The van der Waals surface area contributed by atoms with Gasteiger partial charge in [0, 0.05) is 12.8 Å². The Morgan fingerprint density at radius 3 is 2.00 bits per heavy atom. The van der Waals surface area contributed by atoms with Gasteiger partial charge in [-0.1, -0.05) is 43.1 Å². The maximum Gasteiger partial charge on any atom is 0.132 e. The highest BCUT2D eigenvalue weighted by atomic mass is 16.1. The molecule has 0 unspecified atom stereocenters. The lowest BCUT2D eigenvalue weighted by Crippen LogP contribution is -1.94. The second kappa shape index (κ2) is 12.2. The van der Waals surface area contributed by atoms with Gasteiger partial charge < -0.3 is 0 Å². The van der Waals surface area contributed by atoms with Crippen molar-refractivity contribution in [1.82, 2.24) is 0 Å². The molecule has 0 aliphatic carbocycles. The first-order valence-corrected chi connectivity index (χ1v) is 7.87. The highest BCUT2D eigenvalue weighted by Crippen LogP contribution is 2.12. The van der Waals surface area contributed by atoms with Crippen molar-refractivity contribution in [2.24, 2.45) is 0 Å². The van der Waals surface area contributed by atoms with Crippen molar-refractivity contribution in [2.45, 2.75) is 85.5 Å². The molecule has 0 bridgehead atoms. The number of carbonyl (C=O) groups excluding carboxylic acids is 1. The summed E-state index contributed by atoms with van der Waals surface area (Å²) in [4.78, 5) is 11.1. The number of carbonyl (C=O) groups is 1. The van der Waals surface area contributed by atoms with Crippen molar-refractivity contribution in [1.29, 1.82) is 0 Å². The van der Waals surface area contributed by atoms with E-state index in [0.717, 1.165) is 12.8 Å². The lowest BCUT2D eigenvalue weighted by Gasteiger charge is -2.02. The fourth-order valence-electron chi connectivity index (χ4n) is 2.06. The third-order valence-corrected chi connectivity index (χ3v) is 3.38. The lowest BCUT2D eigenvalue weighted by molar-refractivity contribution is -0.118. The zero-order chi connectivity index (χ0) is 14.5. The van der Waals surface area contributed by atoms with Gasteiger partial charge in [0.2, 0.25) is 0 Å². The lowest BCUT2D eigenvalue weighted by atomic mass is 10.0. The summed E-state index contributed by atoms with van der Waals surface area (Å²) in [7, 11) is 0. The summed E-state index contributed by atoms with van der Waals surface area (Å²) in [6, 6.07) is 0. The van der Waals surface area contributed by atoms with Crippen LogP contribution in [0.1, 0.15) is 85.5 Å². The fourth-order valence-corrected chi connectivity index (χ4v) is 2.06. The van der Waals surface area contributed by atoms with E-state index in [-0.39, 0.29) is 0 Å². The number of rotatable bonds is 11. The summed E-state index contributed by atoms with van der Waals surface area (Å²) in [6.07, 6.45) is 14.5. The standard InChI is InChI=1S/C18H32O/c1-5-18(19)15-9-7-6-8-13-17(4)14-11-10-12-16(2)3/h12,14H,5-11,13,15H2,1-4H3/b17-14+. The van der Waals surface area contributed by atoms with Gasteiger partial charge in [-0.2, -0.15) is 0 Å². The van der Waals surface area contributed by atoms with Crippen LogP contribution in [0, 0.1) is 0 Å². The van der Waals surface area contributed by atoms with Crippen molar-refractivity contribution in [3.8, 4) is 0 Å². The number of ketones is 1. The van der Waals surface area contributed by atoms with Gasteiger partial charge in [-0.3, -0.25) is 4.79 Å². The van der Waals surface area contributed by atoms with Crippen LogP contribution in [0.15, 0.2) is 23.3 Å². The van der Waals surface area contributed by atoms with Gasteiger partial charge in [-0.05, 0) is 52.9 Å². The molecule has 19 heavy (non-hydrogen) atoms. The second-order valence-corrected chi connectivity index (χ2v) is 5.72. The molecule has 0 rings (SSSR count). The van der Waals surface area contributed by atoms with E-state index < -0.39 is 0 Å². The quantitative estimate of drug-likeness (QED) is 0.330. The highest BCUT2D eigenvalue weighted by Gasteiger charge is 1.98. The van der Waals surface area contributed by atoms with Crippen LogP contribution in [0.5, 0.6) is 0 Å². The fraction of sp³-hybridized carbons (Fsp3) is 0.722. The molecular weight excluding hydrogens is 232 g/mol. The molecule has 0 atom stereocenters. The van der Waals surface area contributed by atoms with E-state index in [1.165, 1.54) is 49.7 Å². The summed E-state index contributed by atoms with van der Waals surface area (Å²) in [6.45, 7) is 8.49. The molecule has 0 saturated carbocycles. The molecule has 0 aliphatic heterocycles. The molecule has 0 saturated heterocycles. The summed E-state index contributed by atoms with van der Waals surface area (Å²) in [5.74, 6) is 0.412. The Balaban J connectivity index is 3.47. The Morgan fingerprint density at radius 2 is 1.42 bits per heavy atom. The molecule has 0 aliphatic rings. The van der Waals surface area contributed by atoms with Crippen LogP contribution >= 0.6 is 0 Å².